The van der Waals surface area contributed by atoms with E-state index in [-0.39, 0.29) is 12.2 Å². The number of aromatic nitrogens is 1. The van der Waals surface area contributed by atoms with Gasteiger partial charge in [0.2, 0.25) is 0 Å². The molecule has 0 aliphatic carbocycles. The summed E-state index contributed by atoms with van der Waals surface area (Å²) in [5.74, 6) is -0.508. The third-order valence-electron chi connectivity index (χ3n) is 5.47. The lowest BCUT2D eigenvalue weighted by molar-refractivity contribution is -0.139. The Morgan fingerprint density at radius 2 is 2.03 bits per heavy atom. The summed E-state index contributed by atoms with van der Waals surface area (Å²) in [5, 5.41) is 0.460. The number of hydrogen-bond acceptors (Lipinski definition) is 6. The van der Waals surface area contributed by atoms with Crippen molar-refractivity contribution in [2.75, 3.05) is 25.6 Å². The highest BCUT2D eigenvalue weighted by Crippen LogP contribution is 2.34. The van der Waals surface area contributed by atoms with Gasteiger partial charge >= 0.3 is 5.97 Å². The van der Waals surface area contributed by atoms with E-state index in [0.717, 1.165) is 15.7 Å². The summed E-state index contributed by atoms with van der Waals surface area (Å²) in [5.41, 5.74) is 3.13. The largest absolute Gasteiger partial charge is 0.463 e. The van der Waals surface area contributed by atoms with Gasteiger partial charge in [-0.25, -0.2) is 9.79 Å². The van der Waals surface area contributed by atoms with Crippen molar-refractivity contribution in [1.82, 2.24) is 4.57 Å². The molecule has 4 rings (SSSR count). The first kappa shape index (κ1) is 24.4. The maximum atomic E-state index is 13.7. The number of carbonyl (C=O) groups excluding carboxylic acids is 1. The molecule has 1 aromatic heterocycles. The molecule has 6 nitrogen and oxygen atoms in total. The third-order valence-corrected chi connectivity index (χ3v) is 7.43. The van der Waals surface area contributed by atoms with E-state index in [9.17, 15) is 9.59 Å². The van der Waals surface area contributed by atoms with E-state index in [1.165, 1.54) is 11.3 Å². The van der Waals surface area contributed by atoms with Crippen LogP contribution in [0, 0.1) is 0 Å². The van der Waals surface area contributed by atoms with Gasteiger partial charge in [0.15, 0.2) is 4.80 Å². The molecule has 2 heterocycles. The van der Waals surface area contributed by atoms with Crippen LogP contribution in [-0.4, -0.2) is 31.2 Å². The Kier molecular flexibility index (Phi) is 7.12. The second kappa shape index (κ2) is 9.90. The molecule has 1 aliphatic rings. The van der Waals surface area contributed by atoms with Gasteiger partial charge in [-0.15, -0.1) is 0 Å². The van der Waals surface area contributed by atoms with Crippen LogP contribution in [0.15, 0.2) is 68.0 Å². The second-order valence-corrected chi connectivity index (χ2v) is 10.2. The van der Waals surface area contributed by atoms with E-state index in [4.69, 9.17) is 16.3 Å². The van der Waals surface area contributed by atoms with Crippen molar-refractivity contribution in [3.05, 3.63) is 94.0 Å². The van der Waals surface area contributed by atoms with Crippen LogP contribution in [0.3, 0.4) is 0 Å². The number of carbonyl (C=O) groups is 1. The molecule has 0 fully saturated rings. The predicted molar refractivity (Wildman–Crippen MR) is 140 cm³/mol. The van der Waals surface area contributed by atoms with Crippen LogP contribution in [0.5, 0.6) is 0 Å². The number of ether oxygens (including phenoxy) is 1. The number of anilines is 1. The zero-order chi connectivity index (χ0) is 24.6. The smallest absolute Gasteiger partial charge is 0.338 e. The summed E-state index contributed by atoms with van der Waals surface area (Å²) in [6.07, 6.45) is 1.83. The molecule has 9 heteroatoms. The molecule has 0 saturated heterocycles. The molecule has 0 bridgehead atoms. The molecule has 0 amide bonds. The minimum absolute atomic E-state index is 0.215. The number of allylic oxidation sites excluding steroid dienone is 1. The number of halogens is 2. The van der Waals surface area contributed by atoms with Crippen molar-refractivity contribution in [1.29, 1.82) is 0 Å². The van der Waals surface area contributed by atoms with E-state index < -0.39 is 12.0 Å². The SMILES string of the molecule is CCOC(=O)C1=C(C)N=c2sc(=Cc3ccc(N(C)C)c(Br)c3)c(=O)n2C1c1ccccc1Cl. The highest BCUT2D eigenvalue weighted by molar-refractivity contribution is 9.10. The lowest BCUT2D eigenvalue weighted by Gasteiger charge is -2.25. The van der Waals surface area contributed by atoms with Gasteiger partial charge in [0.05, 0.1) is 28.1 Å². The average molecular weight is 561 g/mol. The monoisotopic (exact) mass is 559 g/mol. The first-order chi connectivity index (χ1) is 16.2. The topological polar surface area (TPSA) is 63.9 Å². The number of esters is 1. The highest BCUT2D eigenvalue weighted by atomic mass is 79.9. The Labute approximate surface area is 214 Å². The van der Waals surface area contributed by atoms with Crippen molar-refractivity contribution in [3.8, 4) is 0 Å². The van der Waals surface area contributed by atoms with Gasteiger partial charge in [-0.2, -0.15) is 0 Å². The summed E-state index contributed by atoms with van der Waals surface area (Å²) in [6.45, 7) is 3.71. The standard InChI is InChI=1S/C25H23BrClN3O3S/c1-5-33-24(32)21-14(2)28-25-30(22(21)16-8-6-7-9-18(16)27)23(31)20(34-25)13-15-10-11-19(29(3)4)17(26)12-15/h6-13,22H,5H2,1-4H3. The van der Waals surface area contributed by atoms with Crippen LogP contribution in [0.4, 0.5) is 5.69 Å². The quantitative estimate of drug-likeness (QED) is 0.437. The van der Waals surface area contributed by atoms with Gasteiger partial charge < -0.3 is 9.64 Å². The summed E-state index contributed by atoms with van der Waals surface area (Å²) in [7, 11) is 3.94. The van der Waals surface area contributed by atoms with Gasteiger partial charge in [0.25, 0.3) is 5.56 Å². The Balaban J connectivity index is 1.94. The maximum absolute atomic E-state index is 13.7. The van der Waals surface area contributed by atoms with Crippen molar-refractivity contribution < 1.29 is 9.53 Å². The van der Waals surface area contributed by atoms with Crippen LogP contribution in [0.2, 0.25) is 5.02 Å². The van der Waals surface area contributed by atoms with Gasteiger partial charge in [0.1, 0.15) is 6.04 Å². The molecule has 1 unspecified atom stereocenters. The average Bonchev–Trinajstić information content (AvgIpc) is 3.07. The predicted octanol–water partition coefficient (Wildman–Crippen LogP) is 4.28. The molecule has 0 radical (unpaired) electrons. The van der Waals surface area contributed by atoms with Crippen LogP contribution in [0.25, 0.3) is 6.08 Å². The molecule has 2 aromatic carbocycles. The van der Waals surface area contributed by atoms with Crippen LogP contribution in [-0.2, 0) is 9.53 Å². The fourth-order valence-electron chi connectivity index (χ4n) is 3.91. The zero-order valence-electron chi connectivity index (χ0n) is 19.1. The summed E-state index contributed by atoms with van der Waals surface area (Å²) in [6, 6.07) is 12.4. The van der Waals surface area contributed by atoms with E-state index in [2.05, 4.69) is 20.9 Å². The fourth-order valence-corrected chi connectivity index (χ4v) is 5.95. The second-order valence-electron chi connectivity index (χ2n) is 7.93. The normalized spacial score (nSPS) is 15.7. The van der Waals surface area contributed by atoms with Gasteiger partial charge in [-0.3, -0.25) is 9.36 Å². The molecule has 0 saturated carbocycles. The molecule has 176 valence electrons. The summed E-state index contributed by atoms with van der Waals surface area (Å²) < 4.78 is 8.29. The van der Waals surface area contributed by atoms with Crippen molar-refractivity contribution >= 4 is 56.6 Å². The number of benzene rings is 2. The fraction of sp³-hybridized carbons (Fsp3) is 0.240. The molecule has 0 spiro atoms. The first-order valence-corrected chi connectivity index (χ1v) is 12.6. The Hall–Kier alpha value is -2.68. The van der Waals surface area contributed by atoms with Crippen LogP contribution >= 0.6 is 38.9 Å². The molecule has 1 aliphatic heterocycles. The van der Waals surface area contributed by atoms with E-state index in [1.54, 1.807) is 24.5 Å². The van der Waals surface area contributed by atoms with Crippen molar-refractivity contribution in [2.24, 2.45) is 4.99 Å². The molecule has 0 N–H and O–H groups in total. The van der Waals surface area contributed by atoms with E-state index in [0.29, 0.717) is 31.2 Å². The van der Waals surface area contributed by atoms with Gasteiger partial charge in [-0.1, -0.05) is 47.2 Å². The van der Waals surface area contributed by atoms with E-state index in [1.807, 2.05) is 61.5 Å². The van der Waals surface area contributed by atoms with E-state index >= 15 is 0 Å². The summed E-state index contributed by atoms with van der Waals surface area (Å²) >= 11 is 11.4. The minimum atomic E-state index is -0.728. The number of rotatable bonds is 5. The molecular weight excluding hydrogens is 538 g/mol. The Morgan fingerprint density at radius 1 is 1.29 bits per heavy atom. The zero-order valence-corrected chi connectivity index (χ0v) is 22.3. The third kappa shape index (κ3) is 4.50. The maximum Gasteiger partial charge on any atom is 0.338 e. The van der Waals surface area contributed by atoms with Crippen LogP contribution in [0.1, 0.15) is 31.0 Å². The van der Waals surface area contributed by atoms with Crippen LogP contribution < -0.4 is 19.8 Å². The summed E-state index contributed by atoms with van der Waals surface area (Å²) in [4.78, 5) is 33.7. The van der Waals surface area contributed by atoms with Crippen molar-refractivity contribution in [3.63, 3.8) is 0 Å². The molecule has 1 atom stereocenters. The van der Waals surface area contributed by atoms with Crippen molar-refractivity contribution in [2.45, 2.75) is 19.9 Å². The Morgan fingerprint density at radius 3 is 2.68 bits per heavy atom. The number of thiazole rings is 1. The highest BCUT2D eigenvalue weighted by Gasteiger charge is 2.34. The Bertz CT molecular complexity index is 1490. The number of hydrogen-bond donors (Lipinski definition) is 0. The van der Waals surface area contributed by atoms with Gasteiger partial charge in [-0.05, 0) is 65.2 Å². The first-order valence-electron chi connectivity index (χ1n) is 10.6. The number of nitrogens with zero attached hydrogens (tertiary/aromatic N) is 3. The number of fused-ring (bicyclic) bond motifs is 1. The lowest BCUT2D eigenvalue weighted by Crippen LogP contribution is -2.40. The molecule has 34 heavy (non-hydrogen) atoms. The molecular formula is C25H23BrClN3O3S. The van der Waals surface area contributed by atoms with Gasteiger partial charge in [0, 0.05) is 23.6 Å². The molecule has 3 aromatic rings. The lowest BCUT2D eigenvalue weighted by atomic mass is 9.96. The minimum Gasteiger partial charge on any atom is -0.463 e.